The van der Waals surface area contributed by atoms with Gasteiger partial charge in [0.05, 0.1) is 60.5 Å². The molecule has 0 saturated heterocycles. The van der Waals surface area contributed by atoms with Crippen LogP contribution in [0.25, 0.3) is 116 Å². The molecule has 6 heteroatoms. The van der Waals surface area contributed by atoms with Crippen molar-refractivity contribution in [1.29, 1.82) is 0 Å². The highest BCUT2D eigenvalue weighted by molar-refractivity contribution is 6.23. The predicted octanol–water partition coefficient (Wildman–Crippen LogP) is 12.5. The second-order valence-corrected chi connectivity index (χ2v) is 13.7. The fraction of sp³-hybridized carbons (Fsp3) is 0. The standard InChI is InChI=1S/C51H30N6/c1-2-20-41(32(14-1)31-28-29-38-40-22-13-21-39-37-19-7-8-23-42(37)55(48(39)40)47(38)30-31)49-52-50(56-43-24-9-3-15-33(43)34-16-4-10-25-44(34)56)54-51(53-49)57-45-26-11-5-17-35(45)36-18-6-12-27-46(36)57/h1-30H/i3D,4D,5D,6D,9D,10D,11D,12D,15D,16D,17D,18D,24D,25D,26D,27D. The summed E-state index contributed by atoms with van der Waals surface area (Å²) in [6.45, 7) is 0. The summed E-state index contributed by atoms with van der Waals surface area (Å²) in [4.78, 5) is 14.8. The number of nitrogens with zero attached hydrogens (tertiary/aromatic N) is 6. The van der Waals surface area contributed by atoms with Gasteiger partial charge in [-0.1, -0.05) is 145 Å². The van der Waals surface area contributed by atoms with Crippen LogP contribution in [0.1, 0.15) is 21.9 Å². The summed E-state index contributed by atoms with van der Waals surface area (Å²) >= 11 is 0. The summed E-state index contributed by atoms with van der Waals surface area (Å²) in [5, 5.41) is 3.19. The van der Waals surface area contributed by atoms with Gasteiger partial charge >= 0.3 is 0 Å². The summed E-state index contributed by atoms with van der Waals surface area (Å²) in [5.74, 6) is -1.07. The fourth-order valence-electron chi connectivity index (χ4n) is 8.44. The Morgan fingerprint density at radius 1 is 0.368 bits per heavy atom. The minimum Gasteiger partial charge on any atom is -0.308 e. The van der Waals surface area contributed by atoms with Gasteiger partial charge in [0, 0.05) is 48.7 Å². The monoisotopic (exact) mass is 742 g/mol. The van der Waals surface area contributed by atoms with E-state index < -0.39 is 109 Å². The van der Waals surface area contributed by atoms with Crippen LogP contribution >= 0.6 is 0 Å². The van der Waals surface area contributed by atoms with Crippen molar-refractivity contribution in [2.75, 3.05) is 0 Å². The van der Waals surface area contributed by atoms with Crippen LogP contribution in [-0.2, 0) is 0 Å². The Kier molecular flexibility index (Phi) is 3.82. The van der Waals surface area contributed by atoms with Crippen LogP contribution in [-0.4, -0.2) is 28.5 Å². The van der Waals surface area contributed by atoms with Gasteiger partial charge < -0.3 is 4.40 Å². The molecule has 0 bridgehead atoms. The Morgan fingerprint density at radius 3 is 1.42 bits per heavy atom. The number of fused-ring (bicyclic) bond motifs is 12. The van der Waals surface area contributed by atoms with E-state index in [0.29, 0.717) is 16.7 Å². The van der Waals surface area contributed by atoms with E-state index in [9.17, 15) is 5.48 Å². The summed E-state index contributed by atoms with van der Waals surface area (Å²) < 4.78 is 147. The highest BCUT2D eigenvalue weighted by Gasteiger charge is 2.23. The average Bonchev–Trinajstić information content (AvgIpc) is 4.16. The third-order valence-corrected chi connectivity index (χ3v) is 10.8. The van der Waals surface area contributed by atoms with Gasteiger partial charge in [0.25, 0.3) is 0 Å². The molecular weight excluding hydrogens is 697 g/mol. The molecule has 0 unspecified atom stereocenters. The van der Waals surface area contributed by atoms with Gasteiger partial charge in [-0.05, 0) is 47.4 Å². The van der Waals surface area contributed by atoms with E-state index in [1.54, 1.807) is 12.1 Å². The van der Waals surface area contributed by atoms with Crippen molar-refractivity contribution in [3.63, 3.8) is 0 Å². The Labute approximate surface area is 348 Å². The molecule has 8 aromatic carbocycles. The maximum Gasteiger partial charge on any atom is 0.240 e. The normalized spacial score (nSPS) is 16.1. The molecule has 0 radical (unpaired) electrons. The molecule has 13 aromatic rings. The van der Waals surface area contributed by atoms with Crippen LogP contribution < -0.4 is 0 Å². The lowest BCUT2D eigenvalue weighted by Gasteiger charge is -2.14. The second-order valence-electron chi connectivity index (χ2n) is 13.7. The molecule has 13 rings (SSSR count). The first-order valence-corrected chi connectivity index (χ1v) is 18.0. The van der Waals surface area contributed by atoms with Crippen molar-refractivity contribution in [2.45, 2.75) is 0 Å². The lowest BCUT2D eigenvalue weighted by atomic mass is 9.97. The Hall–Kier alpha value is -7.83. The molecular formula is C51H30N6. The molecule has 0 amide bonds. The molecule has 0 aliphatic carbocycles. The maximum atomic E-state index is 9.27. The summed E-state index contributed by atoms with van der Waals surface area (Å²) in [7, 11) is 0. The fourth-order valence-corrected chi connectivity index (χ4v) is 8.44. The van der Waals surface area contributed by atoms with E-state index in [1.807, 2.05) is 48.5 Å². The first-order chi connectivity index (χ1) is 34.9. The Morgan fingerprint density at radius 2 is 0.842 bits per heavy atom. The smallest absolute Gasteiger partial charge is 0.240 e. The van der Waals surface area contributed by atoms with Crippen LogP contribution in [0.4, 0.5) is 0 Å². The van der Waals surface area contributed by atoms with Gasteiger partial charge in [-0.2, -0.15) is 15.0 Å². The molecule has 0 spiro atoms. The van der Waals surface area contributed by atoms with Gasteiger partial charge in [0.1, 0.15) is 0 Å². The van der Waals surface area contributed by atoms with Crippen LogP contribution in [0.2, 0.25) is 0 Å². The van der Waals surface area contributed by atoms with Crippen molar-refractivity contribution < 1.29 is 21.9 Å². The van der Waals surface area contributed by atoms with Crippen LogP contribution in [0.15, 0.2) is 182 Å². The molecule has 5 aromatic heterocycles. The van der Waals surface area contributed by atoms with E-state index >= 15 is 0 Å². The zero-order chi connectivity index (χ0) is 51.1. The molecule has 0 saturated carbocycles. The van der Waals surface area contributed by atoms with Crippen molar-refractivity contribution in [3.8, 4) is 34.4 Å². The van der Waals surface area contributed by atoms with Gasteiger partial charge in [0.15, 0.2) is 5.82 Å². The molecule has 264 valence electrons. The van der Waals surface area contributed by atoms with Gasteiger partial charge in [-0.3, -0.25) is 9.13 Å². The molecule has 0 atom stereocenters. The minimum absolute atomic E-state index is 0.137. The van der Waals surface area contributed by atoms with Crippen LogP contribution in [0.3, 0.4) is 0 Å². The van der Waals surface area contributed by atoms with E-state index in [-0.39, 0.29) is 49.4 Å². The number of hydrogen-bond donors (Lipinski definition) is 0. The lowest BCUT2D eigenvalue weighted by molar-refractivity contribution is 0.893. The molecule has 0 fully saturated rings. The van der Waals surface area contributed by atoms with E-state index in [2.05, 4.69) is 28.7 Å². The van der Waals surface area contributed by atoms with Crippen LogP contribution in [0.5, 0.6) is 0 Å². The quantitative estimate of drug-likeness (QED) is 0.180. The number of hydrogen-bond acceptors (Lipinski definition) is 3. The van der Waals surface area contributed by atoms with Gasteiger partial charge in [0.2, 0.25) is 11.9 Å². The molecule has 0 N–H and O–H groups in total. The van der Waals surface area contributed by atoms with E-state index in [1.165, 1.54) is 0 Å². The number of benzene rings is 8. The SMILES string of the molecule is [2H]c1c([2H])c([2H])c2c(c1[2H])c1c([2H])c([2H])c([2H])c([2H])c1n2-c1nc(-c2ccccc2-c2ccc3c4cccc5c6ccccc6n(c3c2)c54)nc(-n2c3c([2H])c([2H])c([2H])c([2H])c3c3c([2H])c([2H])c([2H])c([2H])c32)n1. The molecule has 6 nitrogen and oxygen atoms in total. The van der Waals surface area contributed by atoms with Crippen molar-refractivity contribution >= 4 is 81.7 Å². The summed E-state index contributed by atoms with van der Waals surface area (Å²) in [5.41, 5.74) is 3.31. The summed E-state index contributed by atoms with van der Waals surface area (Å²) in [6, 6.07) is 17.0. The molecule has 0 aliphatic rings. The third-order valence-electron chi connectivity index (χ3n) is 10.8. The maximum absolute atomic E-state index is 9.27. The first-order valence-electron chi connectivity index (χ1n) is 26.0. The second kappa shape index (κ2) is 11.4. The van der Waals surface area contributed by atoms with E-state index in [0.717, 1.165) is 47.2 Å². The highest BCUT2D eigenvalue weighted by Crippen LogP contribution is 2.42. The van der Waals surface area contributed by atoms with Gasteiger partial charge in [-0.25, -0.2) is 0 Å². The third kappa shape index (κ3) is 4.16. The minimum atomic E-state index is -0.697. The first kappa shape index (κ1) is 19.2. The van der Waals surface area contributed by atoms with E-state index in [4.69, 9.17) is 31.4 Å². The Balaban J connectivity index is 1.20. The largest absolute Gasteiger partial charge is 0.308 e. The summed E-state index contributed by atoms with van der Waals surface area (Å²) in [6.07, 6.45) is 0. The lowest BCUT2D eigenvalue weighted by Crippen LogP contribution is -2.10. The predicted molar refractivity (Wildman–Crippen MR) is 234 cm³/mol. The topological polar surface area (TPSA) is 52.9 Å². The average molecular weight is 743 g/mol. The number of para-hydroxylation sites is 6. The molecule has 5 heterocycles. The Bertz CT molecular complexity index is 4380. The van der Waals surface area contributed by atoms with Crippen molar-refractivity contribution in [3.05, 3.63) is 182 Å². The van der Waals surface area contributed by atoms with Gasteiger partial charge in [-0.15, -0.1) is 0 Å². The zero-order valence-electron chi connectivity index (χ0n) is 45.3. The number of rotatable bonds is 4. The molecule has 57 heavy (non-hydrogen) atoms. The van der Waals surface area contributed by atoms with Crippen molar-refractivity contribution in [2.24, 2.45) is 0 Å². The zero-order valence-corrected chi connectivity index (χ0v) is 29.3. The number of aromatic nitrogens is 6. The highest BCUT2D eigenvalue weighted by atomic mass is 15.3. The molecule has 0 aliphatic heterocycles. The van der Waals surface area contributed by atoms with Crippen molar-refractivity contribution in [1.82, 2.24) is 28.5 Å². The van der Waals surface area contributed by atoms with Crippen LogP contribution in [0, 0.1) is 0 Å².